The van der Waals surface area contributed by atoms with Gasteiger partial charge < -0.3 is 10.2 Å². The van der Waals surface area contributed by atoms with Gasteiger partial charge in [0.05, 0.1) is 25.9 Å². The normalized spacial score (nSPS) is 26.3. The Labute approximate surface area is 117 Å². The van der Waals surface area contributed by atoms with Crippen molar-refractivity contribution < 1.29 is 15.0 Å². The molecule has 0 bridgehead atoms. The molecule has 2 atom stereocenters. The largest absolute Gasteiger partial charge is 0.465 e. The van der Waals surface area contributed by atoms with Gasteiger partial charge in [0, 0.05) is 0 Å². The van der Waals surface area contributed by atoms with Gasteiger partial charge in [0.15, 0.2) is 0 Å². The molecule has 1 amide bonds. The molecule has 19 heavy (non-hydrogen) atoms. The zero-order valence-electron chi connectivity index (χ0n) is 13.5. The summed E-state index contributed by atoms with van der Waals surface area (Å²) in [6, 6.07) is 0. The number of hydrogen-bond acceptors (Lipinski definition) is 2. The Morgan fingerprint density at radius 3 is 1.84 bits per heavy atom. The Morgan fingerprint density at radius 2 is 1.63 bits per heavy atom. The lowest BCUT2D eigenvalue weighted by molar-refractivity contribution is 0.0802. The van der Waals surface area contributed by atoms with Crippen LogP contribution in [0.15, 0.2) is 0 Å². The van der Waals surface area contributed by atoms with E-state index in [2.05, 4.69) is 33.9 Å². The Bertz CT molecular complexity index is 381. The Morgan fingerprint density at radius 1 is 1.21 bits per heavy atom. The summed E-state index contributed by atoms with van der Waals surface area (Å²) in [6.07, 6.45) is -0.923. The van der Waals surface area contributed by atoms with Gasteiger partial charge in [-0.2, -0.15) is 0 Å². The SMILES string of the molecule is CC(C)(C)C1(C(O)[Si](C)(C)C(C)(C)C)CN1C(=O)O. The van der Waals surface area contributed by atoms with Crippen LogP contribution in [0.1, 0.15) is 41.5 Å². The second kappa shape index (κ2) is 4.22. The molecule has 1 aliphatic rings. The molecule has 1 rings (SSSR count). The summed E-state index contributed by atoms with van der Waals surface area (Å²) in [5.74, 6) is 0. The Hall–Kier alpha value is -0.553. The first kappa shape index (κ1) is 16.5. The summed E-state index contributed by atoms with van der Waals surface area (Å²) >= 11 is 0. The quantitative estimate of drug-likeness (QED) is 0.606. The van der Waals surface area contributed by atoms with E-state index in [4.69, 9.17) is 0 Å². The number of nitrogens with zero attached hydrogens (tertiary/aromatic N) is 1. The van der Waals surface area contributed by atoms with E-state index in [-0.39, 0.29) is 10.5 Å². The molecular formula is C14H29NO3Si. The lowest BCUT2D eigenvalue weighted by Gasteiger charge is -2.47. The van der Waals surface area contributed by atoms with Gasteiger partial charge in [-0.25, -0.2) is 4.79 Å². The van der Waals surface area contributed by atoms with E-state index in [0.29, 0.717) is 6.54 Å². The molecule has 2 N–H and O–H groups in total. The topological polar surface area (TPSA) is 60.5 Å². The first-order valence-electron chi connectivity index (χ1n) is 6.88. The minimum Gasteiger partial charge on any atom is -0.465 e. The van der Waals surface area contributed by atoms with Crippen LogP contribution in [0, 0.1) is 5.41 Å². The highest BCUT2D eigenvalue weighted by Crippen LogP contribution is 2.54. The first-order valence-corrected chi connectivity index (χ1v) is 9.96. The van der Waals surface area contributed by atoms with E-state index in [1.807, 2.05) is 20.8 Å². The molecule has 0 aromatic carbocycles. The summed E-state index contributed by atoms with van der Waals surface area (Å²) in [4.78, 5) is 12.8. The minimum absolute atomic E-state index is 0.0252. The number of carbonyl (C=O) groups is 1. The van der Waals surface area contributed by atoms with E-state index < -0.39 is 25.4 Å². The number of hydrogen-bond donors (Lipinski definition) is 2. The second-order valence-electron chi connectivity index (χ2n) is 8.42. The third-order valence-corrected chi connectivity index (χ3v) is 11.1. The van der Waals surface area contributed by atoms with Gasteiger partial charge in [-0.3, -0.25) is 4.90 Å². The molecule has 0 aliphatic carbocycles. The summed E-state index contributed by atoms with van der Waals surface area (Å²) in [7, 11) is -2.03. The molecule has 5 heteroatoms. The standard InChI is InChI=1S/C14H29NO3Si/c1-12(2,3)14(9-15(14)11(17)18)10(16)19(7,8)13(4,5)6/h10,16H,9H2,1-8H3,(H,17,18). The first-order chi connectivity index (χ1) is 8.19. The highest BCUT2D eigenvalue weighted by Gasteiger charge is 2.70. The summed E-state index contributed by atoms with van der Waals surface area (Å²) in [6.45, 7) is 17.3. The molecule has 0 saturated carbocycles. The molecule has 0 radical (unpaired) electrons. The van der Waals surface area contributed by atoms with Gasteiger partial charge in [-0.1, -0.05) is 54.6 Å². The molecule has 0 spiro atoms. The highest BCUT2D eigenvalue weighted by atomic mass is 28.3. The van der Waals surface area contributed by atoms with E-state index in [1.165, 1.54) is 4.90 Å². The summed E-state index contributed by atoms with van der Waals surface area (Å²) in [5.41, 5.74) is -1.45. The van der Waals surface area contributed by atoms with Crippen LogP contribution in [0.25, 0.3) is 0 Å². The van der Waals surface area contributed by atoms with E-state index in [0.717, 1.165) is 0 Å². The average Bonchev–Trinajstić information content (AvgIpc) is 2.89. The van der Waals surface area contributed by atoms with Crippen molar-refractivity contribution >= 4 is 14.2 Å². The summed E-state index contributed by atoms with van der Waals surface area (Å²) < 4.78 is 0. The molecule has 1 fully saturated rings. The molecule has 4 nitrogen and oxygen atoms in total. The van der Waals surface area contributed by atoms with Crippen molar-refractivity contribution in [3.05, 3.63) is 0 Å². The number of carboxylic acid groups (broad SMARTS) is 1. The number of amides is 1. The zero-order chi connectivity index (χ0) is 15.4. The molecule has 1 heterocycles. The van der Waals surface area contributed by atoms with Crippen LogP contribution in [-0.4, -0.2) is 47.1 Å². The smallest absolute Gasteiger partial charge is 0.408 e. The predicted molar refractivity (Wildman–Crippen MR) is 80.1 cm³/mol. The molecule has 1 aliphatic heterocycles. The van der Waals surface area contributed by atoms with Crippen LogP contribution >= 0.6 is 0 Å². The van der Waals surface area contributed by atoms with Crippen LogP contribution in [0.3, 0.4) is 0 Å². The zero-order valence-corrected chi connectivity index (χ0v) is 14.5. The molecular weight excluding hydrogens is 258 g/mol. The van der Waals surface area contributed by atoms with Crippen LogP contribution in [0.4, 0.5) is 4.79 Å². The fraction of sp³-hybridized carbons (Fsp3) is 0.929. The van der Waals surface area contributed by atoms with E-state index in [9.17, 15) is 15.0 Å². The average molecular weight is 287 g/mol. The maximum absolute atomic E-state index is 11.3. The molecule has 0 aromatic rings. The maximum atomic E-state index is 11.3. The van der Waals surface area contributed by atoms with Crippen LogP contribution < -0.4 is 0 Å². The monoisotopic (exact) mass is 287 g/mol. The maximum Gasteiger partial charge on any atom is 0.408 e. The predicted octanol–water partition coefficient (Wildman–Crippen LogP) is 3.17. The number of aliphatic hydroxyl groups is 1. The van der Waals surface area contributed by atoms with Crippen molar-refractivity contribution in [2.45, 2.75) is 70.9 Å². The highest BCUT2D eigenvalue weighted by molar-refractivity contribution is 6.81. The van der Waals surface area contributed by atoms with E-state index >= 15 is 0 Å². The van der Waals surface area contributed by atoms with Crippen LogP contribution in [0.5, 0.6) is 0 Å². The molecule has 112 valence electrons. The van der Waals surface area contributed by atoms with Crippen molar-refractivity contribution in [1.29, 1.82) is 0 Å². The van der Waals surface area contributed by atoms with Gasteiger partial charge in [-0.05, 0) is 10.5 Å². The molecule has 0 aromatic heterocycles. The lowest BCUT2D eigenvalue weighted by atomic mass is 9.80. The van der Waals surface area contributed by atoms with Crippen molar-refractivity contribution in [2.24, 2.45) is 5.41 Å². The number of aliphatic hydroxyl groups excluding tert-OH is 1. The second-order valence-corrected chi connectivity index (χ2v) is 13.9. The van der Waals surface area contributed by atoms with Gasteiger partial charge in [0.2, 0.25) is 0 Å². The Balaban J connectivity index is 3.21. The molecule has 1 saturated heterocycles. The van der Waals surface area contributed by atoms with Gasteiger partial charge in [-0.15, -0.1) is 0 Å². The van der Waals surface area contributed by atoms with Crippen molar-refractivity contribution in [1.82, 2.24) is 4.90 Å². The van der Waals surface area contributed by atoms with Crippen LogP contribution in [-0.2, 0) is 0 Å². The van der Waals surface area contributed by atoms with Gasteiger partial charge in [0.1, 0.15) is 0 Å². The van der Waals surface area contributed by atoms with Gasteiger partial charge in [0.25, 0.3) is 0 Å². The minimum atomic E-state index is -2.03. The lowest BCUT2D eigenvalue weighted by Crippen LogP contribution is -2.61. The van der Waals surface area contributed by atoms with Crippen molar-refractivity contribution in [3.8, 4) is 0 Å². The van der Waals surface area contributed by atoms with Gasteiger partial charge >= 0.3 is 6.09 Å². The number of rotatable bonds is 2. The van der Waals surface area contributed by atoms with Crippen molar-refractivity contribution in [3.63, 3.8) is 0 Å². The Kier molecular flexibility index (Phi) is 3.66. The third-order valence-electron chi connectivity index (χ3n) is 5.38. The fourth-order valence-corrected chi connectivity index (χ4v) is 5.43. The summed E-state index contributed by atoms with van der Waals surface area (Å²) in [5, 5.41) is 20.3. The molecule has 2 unspecified atom stereocenters. The third kappa shape index (κ3) is 2.31. The fourth-order valence-electron chi connectivity index (χ4n) is 2.74. The van der Waals surface area contributed by atoms with Crippen molar-refractivity contribution in [2.75, 3.05) is 6.54 Å². The van der Waals surface area contributed by atoms with Crippen LogP contribution in [0.2, 0.25) is 18.1 Å². The van der Waals surface area contributed by atoms with E-state index in [1.54, 1.807) is 0 Å².